The molecule has 0 saturated heterocycles. The largest absolute Gasteiger partial charge is 0.573 e. The van der Waals surface area contributed by atoms with Crippen molar-refractivity contribution in [1.82, 2.24) is 0 Å². The molecule has 2 aromatic rings. The van der Waals surface area contributed by atoms with E-state index in [1.165, 1.54) is 18.2 Å². The number of halogens is 4. The Balaban J connectivity index is 2.29. The van der Waals surface area contributed by atoms with E-state index in [1.54, 1.807) is 24.3 Å². The zero-order valence-electron chi connectivity index (χ0n) is 10.0. The zero-order chi connectivity index (χ0) is 14.8. The normalized spacial score (nSPS) is 11.2. The maximum absolute atomic E-state index is 12.3. The Morgan fingerprint density at radius 1 is 1.05 bits per heavy atom. The highest BCUT2D eigenvalue weighted by molar-refractivity contribution is 14.1. The molecular formula is C13H10F3IN2O. The number of hydrogen-bond acceptors (Lipinski definition) is 3. The number of nitrogen functional groups attached to an aromatic ring is 1. The lowest BCUT2D eigenvalue weighted by Gasteiger charge is -2.15. The van der Waals surface area contributed by atoms with Crippen molar-refractivity contribution in [2.24, 2.45) is 0 Å². The second-order valence-corrected chi connectivity index (χ2v) is 5.07. The lowest BCUT2D eigenvalue weighted by Crippen LogP contribution is -2.17. The summed E-state index contributed by atoms with van der Waals surface area (Å²) in [6.45, 7) is 0. The van der Waals surface area contributed by atoms with Crippen LogP contribution in [0.5, 0.6) is 5.75 Å². The molecule has 0 fully saturated rings. The summed E-state index contributed by atoms with van der Waals surface area (Å²) in [6, 6.07) is 10.9. The van der Waals surface area contributed by atoms with Crippen molar-refractivity contribution in [3.05, 3.63) is 46.0 Å². The average molecular weight is 394 g/mol. The first kappa shape index (κ1) is 14.8. The molecule has 3 nitrogen and oxygen atoms in total. The van der Waals surface area contributed by atoms with Crippen molar-refractivity contribution < 1.29 is 17.9 Å². The van der Waals surface area contributed by atoms with Crippen molar-refractivity contribution in [3.8, 4) is 5.75 Å². The van der Waals surface area contributed by atoms with Gasteiger partial charge in [-0.15, -0.1) is 13.2 Å². The van der Waals surface area contributed by atoms with E-state index in [1.807, 2.05) is 22.6 Å². The van der Waals surface area contributed by atoms with Gasteiger partial charge in [0, 0.05) is 9.26 Å². The Kier molecular flexibility index (Phi) is 4.26. The van der Waals surface area contributed by atoms with E-state index in [0.717, 1.165) is 3.57 Å². The Morgan fingerprint density at radius 2 is 1.75 bits per heavy atom. The maximum Gasteiger partial charge on any atom is 0.573 e. The first-order valence-corrected chi connectivity index (χ1v) is 6.60. The van der Waals surface area contributed by atoms with Gasteiger partial charge in [-0.3, -0.25) is 0 Å². The molecule has 0 aromatic heterocycles. The average Bonchev–Trinajstić information content (AvgIpc) is 2.33. The van der Waals surface area contributed by atoms with Crippen LogP contribution in [0, 0.1) is 3.57 Å². The number of rotatable bonds is 3. The van der Waals surface area contributed by atoms with Crippen molar-refractivity contribution in [2.45, 2.75) is 6.36 Å². The minimum absolute atomic E-state index is 0.229. The van der Waals surface area contributed by atoms with Crippen LogP contribution in [-0.2, 0) is 0 Å². The van der Waals surface area contributed by atoms with Gasteiger partial charge in [-0.25, -0.2) is 0 Å². The highest BCUT2D eigenvalue weighted by Gasteiger charge is 2.32. The van der Waals surface area contributed by atoms with E-state index in [0.29, 0.717) is 11.4 Å². The summed E-state index contributed by atoms with van der Waals surface area (Å²) < 4.78 is 41.7. The molecule has 0 atom stereocenters. The van der Waals surface area contributed by atoms with Crippen molar-refractivity contribution >= 4 is 39.7 Å². The number of alkyl halides is 3. The lowest BCUT2D eigenvalue weighted by molar-refractivity contribution is -0.274. The van der Waals surface area contributed by atoms with E-state index in [4.69, 9.17) is 5.73 Å². The summed E-state index contributed by atoms with van der Waals surface area (Å²) in [5.41, 5.74) is 7.09. The zero-order valence-corrected chi connectivity index (χ0v) is 12.2. The monoisotopic (exact) mass is 394 g/mol. The summed E-state index contributed by atoms with van der Waals surface area (Å²) in [4.78, 5) is 0. The molecule has 0 radical (unpaired) electrons. The van der Waals surface area contributed by atoms with Crippen LogP contribution in [-0.4, -0.2) is 6.36 Å². The van der Waals surface area contributed by atoms with Gasteiger partial charge in [0.2, 0.25) is 0 Å². The molecule has 0 amide bonds. The molecule has 106 valence electrons. The first-order chi connectivity index (χ1) is 9.35. The predicted molar refractivity (Wildman–Crippen MR) is 80.0 cm³/mol. The highest BCUT2D eigenvalue weighted by atomic mass is 127. The van der Waals surface area contributed by atoms with Crippen molar-refractivity contribution in [1.29, 1.82) is 0 Å². The van der Waals surface area contributed by atoms with Crippen molar-refractivity contribution in [2.75, 3.05) is 11.1 Å². The maximum atomic E-state index is 12.3. The second kappa shape index (κ2) is 5.78. The summed E-state index contributed by atoms with van der Waals surface area (Å²) in [5.74, 6) is -0.285. The third-order valence-electron chi connectivity index (χ3n) is 2.38. The van der Waals surface area contributed by atoms with Gasteiger partial charge >= 0.3 is 6.36 Å². The molecule has 0 spiro atoms. The van der Waals surface area contributed by atoms with Crippen molar-refractivity contribution in [3.63, 3.8) is 0 Å². The lowest BCUT2D eigenvalue weighted by atomic mass is 10.2. The summed E-state index contributed by atoms with van der Waals surface area (Å²) in [6.07, 6.45) is -4.73. The number of benzene rings is 2. The van der Waals surface area contributed by atoms with E-state index >= 15 is 0 Å². The molecule has 2 aromatic carbocycles. The van der Waals surface area contributed by atoms with E-state index in [9.17, 15) is 13.2 Å². The number of nitrogens with one attached hydrogen (secondary N) is 1. The number of nitrogens with two attached hydrogens (primary N) is 1. The molecule has 0 saturated carbocycles. The Morgan fingerprint density at radius 3 is 2.40 bits per heavy atom. The topological polar surface area (TPSA) is 47.3 Å². The smallest absolute Gasteiger partial charge is 0.404 e. The van der Waals surface area contributed by atoms with Crippen LogP contribution in [0.3, 0.4) is 0 Å². The molecule has 20 heavy (non-hydrogen) atoms. The Hall–Kier alpha value is -1.64. The molecule has 0 heterocycles. The summed E-state index contributed by atoms with van der Waals surface area (Å²) in [7, 11) is 0. The van der Waals surface area contributed by atoms with Crippen LogP contribution in [0.4, 0.5) is 30.2 Å². The van der Waals surface area contributed by atoms with Crippen LogP contribution in [0.1, 0.15) is 0 Å². The van der Waals surface area contributed by atoms with Gasteiger partial charge in [-0.1, -0.05) is 12.1 Å². The van der Waals surface area contributed by atoms with Gasteiger partial charge in [0.1, 0.15) is 0 Å². The number of hydrogen-bond donors (Lipinski definition) is 2. The van der Waals surface area contributed by atoms with Crippen LogP contribution < -0.4 is 15.8 Å². The molecule has 0 aliphatic carbocycles. The standard InChI is InChI=1S/C13H10F3IN2O/c14-13(15,16)20-12-4-2-1-3-11(12)19-10-6-5-8(18)7-9(10)17/h1-7,19H,18H2. The van der Waals surface area contributed by atoms with E-state index in [2.05, 4.69) is 10.1 Å². The van der Waals surface area contributed by atoms with Gasteiger partial charge in [0.05, 0.1) is 11.4 Å². The molecule has 0 aliphatic rings. The quantitative estimate of drug-likeness (QED) is 0.595. The number of anilines is 3. The molecule has 0 unspecified atom stereocenters. The van der Waals surface area contributed by atoms with Gasteiger partial charge in [-0.2, -0.15) is 0 Å². The predicted octanol–water partition coefficient (Wildman–Crippen LogP) is 4.52. The van der Waals surface area contributed by atoms with Gasteiger partial charge in [0.15, 0.2) is 5.75 Å². The number of para-hydroxylation sites is 2. The second-order valence-electron chi connectivity index (χ2n) is 3.91. The fourth-order valence-corrected chi connectivity index (χ4v) is 2.24. The highest BCUT2D eigenvalue weighted by Crippen LogP contribution is 2.33. The Labute approximate surface area is 127 Å². The molecule has 0 aliphatic heterocycles. The fraction of sp³-hybridized carbons (Fsp3) is 0.0769. The molecule has 0 bridgehead atoms. The van der Waals surface area contributed by atoms with Gasteiger partial charge in [0.25, 0.3) is 0 Å². The SMILES string of the molecule is Nc1ccc(Nc2ccccc2OC(F)(F)F)c(I)c1. The first-order valence-electron chi connectivity index (χ1n) is 5.52. The summed E-state index contributed by atoms with van der Waals surface area (Å²) >= 11 is 2.05. The fourth-order valence-electron chi connectivity index (χ4n) is 1.56. The van der Waals surface area contributed by atoms with E-state index in [-0.39, 0.29) is 11.4 Å². The Bertz CT molecular complexity index is 617. The minimum atomic E-state index is -4.73. The van der Waals surface area contributed by atoms with Gasteiger partial charge in [-0.05, 0) is 52.9 Å². The molecule has 3 N–H and O–H groups in total. The molecule has 2 rings (SSSR count). The van der Waals surface area contributed by atoms with Crippen LogP contribution in [0.15, 0.2) is 42.5 Å². The van der Waals surface area contributed by atoms with Crippen LogP contribution in [0.2, 0.25) is 0 Å². The van der Waals surface area contributed by atoms with Gasteiger partial charge < -0.3 is 15.8 Å². The molecule has 7 heteroatoms. The third-order valence-corrected chi connectivity index (χ3v) is 3.27. The number of ether oxygens (including phenoxy) is 1. The van der Waals surface area contributed by atoms with E-state index < -0.39 is 6.36 Å². The minimum Gasteiger partial charge on any atom is -0.404 e. The third kappa shape index (κ3) is 3.92. The summed E-state index contributed by atoms with van der Waals surface area (Å²) in [5, 5.41) is 2.90. The molecular weight excluding hydrogens is 384 g/mol. The van der Waals surface area contributed by atoms with Crippen LogP contribution >= 0.6 is 22.6 Å². The van der Waals surface area contributed by atoms with Crippen LogP contribution in [0.25, 0.3) is 0 Å².